The molecule has 1 aliphatic heterocycles. The van der Waals surface area contributed by atoms with Crippen LogP contribution in [0.15, 0.2) is 12.3 Å². The Hall–Kier alpha value is -0.890. The minimum Gasteiger partial charge on any atom is -0.300 e. The lowest BCUT2D eigenvalue weighted by molar-refractivity contribution is 0.213. The molecule has 3 rings (SSSR count). The second-order valence-electron chi connectivity index (χ2n) is 6.13. The molecule has 0 radical (unpaired) electrons. The van der Waals surface area contributed by atoms with E-state index in [1.807, 2.05) is 0 Å². The second-order valence-corrected chi connectivity index (χ2v) is 6.13. The van der Waals surface area contributed by atoms with Crippen molar-refractivity contribution >= 4 is 0 Å². The number of likely N-dealkylation sites (tertiary alicyclic amines) is 1. The minimum atomic E-state index is 0.834. The summed E-state index contributed by atoms with van der Waals surface area (Å²) in [6, 6.07) is 3.25. The van der Waals surface area contributed by atoms with Gasteiger partial charge in [-0.25, -0.2) is 0 Å². The van der Waals surface area contributed by atoms with Crippen LogP contribution in [0, 0.1) is 0 Å². The molecule has 0 aromatic carbocycles. The maximum absolute atomic E-state index is 4.70. The van der Waals surface area contributed by atoms with Crippen LogP contribution in [0.5, 0.6) is 0 Å². The van der Waals surface area contributed by atoms with Crippen molar-refractivity contribution in [2.45, 2.75) is 64.3 Å². The fourth-order valence-corrected chi connectivity index (χ4v) is 3.67. The van der Waals surface area contributed by atoms with Gasteiger partial charge < -0.3 is 4.90 Å². The van der Waals surface area contributed by atoms with Crippen LogP contribution in [0.4, 0.5) is 0 Å². The smallest absolute Gasteiger partial charge is 0.0435 e. The van der Waals surface area contributed by atoms with E-state index in [9.17, 15) is 0 Å². The highest BCUT2D eigenvalue weighted by Gasteiger charge is 2.23. The molecule has 104 valence electrons. The van der Waals surface area contributed by atoms with Gasteiger partial charge in [-0.1, -0.05) is 13.0 Å². The zero-order valence-electron chi connectivity index (χ0n) is 12.2. The molecule has 1 fully saturated rings. The maximum atomic E-state index is 4.70. The standard InChI is InChI=1S/C17H26N2/c1-2-14-12-15-8-9-16(19-10-3-4-11-19)6-5-7-17(15)18-13-14/h12-13,16H,2-11H2,1H3. The van der Waals surface area contributed by atoms with Crippen LogP contribution in [0.3, 0.4) is 0 Å². The van der Waals surface area contributed by atoms with Crippen LogP contribution in [0.2, 0.25) is 0 Å². The number of aromatic nitrogens is 1. The number of rotatable bonds is 2. The van der Waals surface area contributed by atoms with E-state index in [0.717, 1.165) is 12.5 Å². The SMILES string of the molecule is CCc1cnc2c(c1)CCC(N1CCCC1)CCC2. The molecule has 2 heteroatoms. The fraction of sp³-hybridized carbons (Fsp3) is 0.706. The lowest BCUT2D eigenvalue weighted by atomic mass is 9.92. The van der Waals surface area contributed by atoms with E-state index in [1.165, 1.54) is 74.9 Å². The summed E-state index contributed by atoms with van der Waals surface area (Å²) in [5.74, 6) is 0. The summed E-state index contributed by atoms with van der Waals surface area (Å²) in [5.41, 5.74) is 4.30. The van der Waals surface area contributed by atoms with Crippen molar-refractivity contribution in [1.82, 2.24) is 9.88 Å². The van der Waals surface area contributed by atoms with Gasteiger partial charge in [-0.05, 0) is 75.6 Å². The molecule has 0 bridgehead atoms. The molecule has 1 aromatic rings. The first-order valence-corrected chi connectivity index (χ1v) is 8.07. The van der Waals surface area contributed by atoms with Crippen molar-refractivity contribution in [3.8, 4) is 0 Å². The van der Waals surface area contributed by atoms with Crippen LogP contribution in [0.1, 0.15) is 55.8 Å². The fourth-order valence-electron chi connectivity index (χ4n) is 3.67. The monoisotopic (exact) mass is 258 g/mol. The van der Waals surface area contributed by atoms with Crippen LogP contribution < -0.4 is 0 Å². The molecule has 0 saturated carbocycles. The van der Waals surface area contributed by atoms with Crippen molar-refractivity contribution in [3.05, 3.63) is 29.1 Å². The molecular formula is C17H26N2. The summed E-state index contributed by atoms with van der Waals surface area (Å²) < 4.78 is 0. The molecule has 1 saturated heterocycles. The van der Waals surface area contributed by atoms with E-state index >= 15 is 0 Å². The van der Waals surface area contributed by atoms with Crippen LogP contribution >= 0.6 is 0 Å². The third kappa shape index (κ3) is 3.00. The average molecular weight is 258 g/mol. The molecule has 19 heavy (non-hydrogen) atoms. The molecule has 1 aromatic heterocycles. The van der Waals surface area contributed by atoms with Crippen molar-refractivity contribution < 1.29 is 0 Å². The molecule has 0 amide bonds. The Morgan fingerprint density at radius 2 is 2.00 bits per heavy atom. The second kappa shape index (κ2) is 6.04. The number of aryl methyl sites for hydroxylation is 3. The van der Waals surface area contributed by atoms with Crippen LogP contribution in [-0.2, 0) is 19.3 Å². The van der Waals surface area contributed by atoms with Crippen molar-refractivity contribution in [3.63, 3.8) is 0 Å². The number of nitrogens with zero attached hydrogens (tertiary/aromatic N) is 2. The predicted molar refractivity (Wildman–Crippen MR) is 79.5 cm³/mol. The van der Waals surface area contributed by atoms with E-state index in [2.05, 4.69) is 24.1 Å². The minimum absolute atomic E-state index is 0.834. The van der Waals surface area contributed by atoms with Crippen LogP contribution in [-0.4, -0.2) is 29.0 Å². The predicted octanol–water partition coefficient (Wildman–Crippen LogP) is 3.38. The van der Waals surface area contributed by atoms with E-state index < -0.39 is 0 Å². The summed E-state index contributed by atoms with van der Waals surface area (Å²) in [4.78, 5) is 7.44. The normalized spacial score (nSPS) is 24.8. The van der Waals surface area contributed by atoms with E-state index in [-0.39, 0.29) is 0 Å². The number of pyridine rings is 1. The molecule has 1 aliphatic carbocycles. The van der Waals surface area contributed by atoms with Gasteiger partial charge >= 0.3 is 0 Å². The molecule has 0 N–H and O–H groups in total. The van der Waals surface area contributed by atoms with E-state index in [1.54, 1.807) is 0 Å². The number of hydrogen-bond donors (Lipinski definition) is 0. The number of hydrogen-bond acceptors (Lipinski definition) is 2. The van der Waals surface area contributed by atoms with E-state index in [4.69, 9.17) is 4.98 Å². The van der Waals surface area contributed by atoms with E-state index in [0.29, 0.717) is 0 Å². The van der Waals surface area contributed by atoms with Crippen molar-refractivity contribution in [2.24, 2.45) is 0 Å². The summed E-state index contributed by atoms with van der Waals surface area (Å²) in [5, 5.41) is 0. The third-order valence-electron chi connectivity index (χ3n) is 4.88. The zero-order valence-corrected chi connectivity index (χ0v) is 12.2. The maximum Gasteiger partial charge on any atom is 0.0435 e. The third-order valence-corrected chi connectivity index (χ3v) is 4.88. The van der Waals surface area contributed by atoms with Gasteiger partial charge in [0.25, 0.3) is 0 Å². The Labute approximate surface area is 117 Å². The Balaban J connectivity index is 1.72. The largest absolute Gasteiger partial charge is 0.300 e. The molecular weight excluding hydrogens is 232 g/mol. The lowest BCUT2D eigenvalue weighted by Gasteiger charge is -2.29. The van der Waals surface area contributed by atoms with Gasteiger partial charge in [0.15, 0.2) is 0 Å². The van der Waals surface area contributed by atoms with Crippen LogP contribution in [0.25, 0.3) is 0 Å². The van der Waals surface area contributed by atoms with Crippen molar-refractivity contribution in [2.75, 3.05) is 13.1 Å². The Morgan fingerprint density at radius 3 is 2.79 bits per heavy atom. The molecule has 2 aliphatic rings. The summed E-state index contributed by atoms with van der Waals surface area (Å²) in [6.07, 6.45) is 12.4. The Kier molecular flexibility index (Phi) is 4.17. The summed E-state index contributed by atoms with van der Waals surface area (Å²) >= 11 is 0. The first kappa shape index (κ1) is 13.1. The first-order chi connectivity index (χ1) is 9.36. The quantitative estimate of drug-likeness (QED) is 0.808. The highest BCUT2D eigenvalue weighted by Crippen LogP contribution is 2.25. The highest BCUT2D eigenvalue weighted by molar-refractivity contribution is 5.26. The van der Waals surface area contributed by atoms with Gasteiger partial charge in [0.2, 0.25) is 0 Å². The molecule has 1 atom stereocenters. The zero-order chi connectivity index (χ0) is 13.1. The topological polar surface area (TPSA) is 16.1 Å². The van der Waals surface area contributed by atoms with Gasteiger partial charge in [-0.3, -0.25) is 4.98 Å². The van der Waals surface area contributed by atoms with Gasteiger partial charge in [-0.15, -0.1) is 0 Å². The first-order valence-electron chi connectivity index (χ1n) is 8.07. The van der Waals surface area contributed by atoms with Gasteiger partial charge in [0.1, 0.15) is 0 Å². The van der Waals surface area contributed by atoms with Gasteiger partial charge in [-0.2, -0.15) is 0 Å². The summed E-state index contributed by atoms with van der Waals surface area (Å²) in [6.45, 7) is 4.90. The molecule has 0 spiro atoms. The Bertz CT molecular complexity index is 421. The Morgan fingerprint density at radius 1 is 1.16 bits per heavy atom. The highest BCUT2D eigenvalue weighted by atomic mass is 15.2. The van der Waals surface area contributed by atoms with Gasteiger partial charge in [0, 0.05) is 17.9 Å². The molecule has 2 nitrogen and oxygen atoms in total. The lowest BCUT2D eigenvalue weighted by Crippen LogP contribution is -2.34. The molecule has 2 heterocycles. The average Bonchev–Trinajstić information content (AvgIpc) is 2.93. The summed E-state index contributed by atoms with van der Waals surface area (Å²) in [7, 11) is 0. The molecule has 1 unspecified atom stereocenters. The van der Waals surface area contributed by atoms with Crippen molar-refractivity contribution in [1.29, 1.82) is 0 Å². The number of fused-ring (bicyclic) bond motifs is 1. The van der Waals surface area contributed by atoms with Gasteiger partial charge in [0.05, 0.1) is 0 Å².